The Kier molecular flexibility index (Phi) is 6.08. The fraction of sp³-hybridized carbons (Fsp3) is 0.846. The summed E-state index contributed by atoms with van der Waals surface area (Å²) in [6, 6.07) is -0.547. The number of aliphatic carboxylic acids is 1. The number of hydrogen-bond donors (Lipinski definition) is 4. The van der Waals surface area contributed by atoms with Gasteiger partial charge >= 0.3 is 12.0 Å². The molecule has 1 fully saturated rings. The molecular weight excluding hydrogens is 246 g/mol. The van der Waals surface area contributed by atoms with Gasteiger partial charge in [0.15, 0.2) is 0 Å². The fourth-order valence-corrected chi connectivity index (χ4v) is 2.46. The van der Waals surface area contributed by atoms with Crippen molar-refractivity contribution in [2.75, 3.05) is 19.6 Å². The van der Waals surface area contributed by atoms with E-state index in [-0.39, 0.29) is 12.1 Å². The molecule has 2 unspecified atom stereocenters. The zero-order valence-corrected chi connectivity index (χ0v) is 11.8. The predicted octanol–water partition coefficient (Wildman–Crippen LogP) is 0.929. The fourth-order valence-electron chi connectivity index (χ4n) is 2.46. The summed E-state index contributed by atoms with van der Waals surface area (Å²) in [5.74, 6) is -0.831. The Morgan fingerprint density at radius 2 is 2.11 bits per heavy atom. The zero-order chi connectivity index (χ0) is 14.3. The van der Waals surface area contributed by atoms with Gasteiger partial charge in [-0.25, -0.2) is 4.79 Å². The molecule has 1 saturated carbocycles. The van der Waals surface area contributed by atoms with Gasteiger partial charge in [-0.1, -0.05) is 13.3 Å². The molecule has 0 bridgehead atoms. The number of amides is 2. The first-order valence-corrected chi connectivity index (χ1v) is 6.99. The standard InChI is InChI=1S/C13H25N3O3/c1-3-14-8-5-9-15-12(19)16-10-6-4-7-13(10,2)11(17)18/h10,14H,3-9H2,1-2H3,(H,17,18)(H2,15,16,19). The van der Waals surface area contributed by atoms with Crippen molar-refractivity contribution in [1.82, 2.24) is 16.0 Å². The van der Waals surface area contributed by atoms with Crippen molar-refractivity contribution in [1.29, 1.82) is 0 Å². The van der Waals surface area contributed by atoms with Crippen LogP contribution in [0.1, 0.15) is 39.5 Å². The third-order valence-electron chi connectivity index (χ3n) is 3.82. The minimum absolute atomic E-state index is 0.268. The van der Waals surface area contributed by atoms with E-state index in [9.17, 15) is 14.7 Å². The first-order valence-electron chi connectivity index (χ1n) is 6.99. The Morgan fingerprint density at radius 1 is 1.37 bits per heavy atom. The molecule has 0 radical (unpaired) electrons. The van der Waals surface area contributed by atoms with Crippen LogP contribution in [-0.4, -0.2) is 42.8 Å². The van der Waals surface area contributed by atoms with Crippen molar-refractivity contribution in [2.24, 2.45) is 5.41 Å². The SMILES string of the molecule is CCNCCCNC(=O)NC1CCCC1(C)C(=O)O. The first-order chi connectivity index (χ1) is 9.00. The van der Waals surface area contributed by atoms with Gasteiger partial charge in [0.25, 0.3) is 0 Å². The highest BCUT2D eigenvalue weighted by molar-refractivity contribution is 5.79. The Labute approximate surface area is 114 Å². The quantitative estimate of drug-likeness (QED) is 0.518. The van der Waals surface area contributed by atoms with Crippen molar-refractivity contribution in [3.8, 4) is 0 Å². The molecule has 110 valence electrons. The minimum atomic E-state index is -0.832. The average molecular weight is 271 g/mol. The van der Waals surface area contributed by atoms with Crippen LogP contribution in [0.2, 0.25) is 0 Å². The lowest BCUT2D eigenvalue weighted by Crippen LogP contribution is -2.50. The summed E-state index contributed by atoms with van der Waals surface area (Å²) in [6.45, 7) is 6.12. The molecule has 0 aromatic rings. The maximum atomic E-state index is 11.7. The molecule has 0 aromatic carbocycles. The van der Waals surface area contributed by atoms with E-state index in [2.05, 4.69) is 16.0 Å². The number of hydrogen-bond acceptors (Lipinski definition) is 3. The lowest BCUT2D eigenvalue weighted by molar-refractivity contribution is -0.148. The van der Waals surface area contributed by atoms with Gasteiger partial charge in [0.05, 0.1) is 5.41 Å². The summed E-state index contributed by atoms with van der Waals surface area (Å²) in [4.78, 5) is 23.0. The van der Waals surface area contributed by atoms with Gasteiger partial charge in [-0.3, -0.25) is 4.79 Å². The normalized spacial score (nSPS) is 26.1. The van der Waals surface area contributed by atoms with Crippen molar-refractivity contribution >= 4 is 12.0 Å². The molecule has 6 nitrogen and oxygen atoms in total. The van der Waals surface area contributed by atoms with Gasteiger partial charge in [-0.2, -0.15) is 0 Å². The van der Waals surface area contributed by atoms with Gasteiger partial charge in [0, 0.05) is 12.6 Å². The number of rotatable bonds is 7. The van der Waals surface area contributed by atoms with Crippen LogP contribution < -0.4 is 16.0 Å². The number of carbonyl (C=O) groups is 2. The minimum Gasteiger partial charge on any atom is -0.481 e. The van der Waals surface area contributed by atoms with E-state index >= 15 is 0 Å². The second kappa shape index (κ2) is 7.33. The van der Waals surface area contributed by atoms with E-state index in [1.807, 2.05) is 6.92 Å². The van der Waals surface area contributed by atoms with Gasteiger partial charge < -0.3 is 21.1 Å². The Bertz CT molecular complexity index is 322. The van der Waals surface area contributed by atoms with E-state index in [1.165, 1.54) is 0 Å². The van der Waals surface area contributed by atoms with E-state index in [1.54, 1.807) is 6.92 Å². The highest BCUT2D eigenvalue weighted by atomic mass is 16.4. The summed E-state index contributed by atoms with van der Waals surface area (Å²) in [5, 5.41) is 18.0. The predicted molar refractivity (Wildman–Crippen MR) is 73.1 cm³/mol. The van der Waals surface area contributed by atoms with Crippen molar-refractivity contribution in [3.05, 3.63) is 0 Å². The zero-order valence-electron chi connectivity index (χ0n) is 11.8. The number of carboxylic acid groups (broad SMARTS) is 1. The largest absolute Gasteiger partial charge is 0.481 e. The second-order valence-corrected chi connectivity index (χ2v) is 5.27. The molecular formula is C13H25N3O3. The highest BCUT2D eigenvalue weighted by Gasteiger charge is 2.45. The van der Waals surface area contributed by atoms with Crippen LogP contribution >= 0.6 is 0 Å². The molecule has 1 aliphatic rings. The second-order valence-electron chi connectivity index (χ2n) is 5.27. The van der Waals surface area contributed by atoms with Crippen LogP contribution in [0.4, 0.5) is 4.79 Å². The van der Waals surface area contributed by atoms with E-state index in [0.29, 0.717) is 13.0 Å². The smallest absolute Gasteiger partial charge is 0.315 e. The number of urea groups is 1. The third kappa shape index (κ3) is 4.38. The maximum Gasteiger partial charge on any atom is 0.315 e. The maximum absolute atomic E-state index is 11.7. The van der Waals surface area contributed by atoms with E-state index in [0.717, 1.165) is 32.4 Å². The molecule has 1 aliphatic carbocycles. The summed E-state index contributed by atoms with van der Waals surface area (Å²) < 4.78 is 0. The molecule has 2 atom stereocenters. The number of carbonyl (C=O) groups excluding carboxylic acids is 1. The van der Waals surface area contributed by atoms with Crippen molar-refractivity contribution < 1.29 is 14.7 Å². The summed E-state index contributed by atoms with van der Waals surface area (Å²) >= 11 is 0. The van der Waals surface area contributed by atoms with E-state index < -0.39 is 11.4 Å². The molecule has 0 aliphatic heterocycles. The molecule has 6 heteroatoms. The summed E-state index contributed by atoms with van der Waals surface area (Å²) in [5.41, 5.74) is -0.832. The van der Waals surface area contributed by atoms with Crippen LogP contribution in [0.25, 0.3) is 0 Å². The molecule has 0 aromatic heterocycles. The molecule has 2 amide bonds. The van der Waals surface area contributed by atoms with Crippen molar-refractivity contribution in [2.45, 2.75) is 45.6 Å². The van der Waals surface area contributed by atoms with Crippen LogP contribution in [-0.2, 0) is 4.79 Å². The Hall–Kier alpha value is -1.30. The first kappa shape index (κ1) is 15.8. The van der Waals surface area contributed by atoms with Gasteiger partial charge in [-0.05, 0) is 39.3 Å². The van der Waals surface area contributed by atoms with Gasteiger partial charge in [-0.15, -0.1) is 0 Å². The van der Waals surface area contributed by atoms with E-state index in [4.69, 9.17) is 0 Å². The monoisotopic (exact) mass is 271 g/mol. The highest BCUT2D eigenvalue weighted by Crippen LogP contribution is 2.38. The molecule has 1 rings (SSSR count). The average Bonchev–Trinajstić information content (AvgIpc) is 2.72. The van der Waals surface area contributed by atoms with Crippen LogP contribution in [0.3, 0.4) is 0 Å². The molecule has 4 N–H and O–H groups in total. The van der Waals surface area contributed by atoms with Crippen LogP contribution in [0.5, 0.6) is 0 Å². The lowest BCUT2D eigenvalue weighted by atomic mass is 9.85. The summed E-state index contributed by atoms with van der Waals surface area (Å²) in [6.07, 6.45) is 3.05. The lowest BCUT2D eigenvalue weighted by Gasteiger charge is -2.27. The molecule has 0 spiro atoms. The topological polar surface area (TPSA) is 90.5 Å². The molecule has 0 saturated heterocycles. The molecule has 0 heterocycles. The molecule has 19 heavy (non-hydrogen) atoms. The van der Waals surface area contributed by atoms with Crippen molar-refractivity contribution in [3.63, 3.8) is 0 Å². The van der Waals surface area contributed by atoms with Crippen LogP contribution in [0.15, 0.2) is 0 Å². The van der Waals surface area contributed by atoms with Gasteiger partial charge in [0.2, 0.25) is 0 Å². The van der Waals surface area contributed by atoms with Gasteiger partial charge in [0.1, 0.15) is 0 Å². The number of nitrogens with one attached hydrogen (secondary N) is 3. The Morgan fingerprint density at radius 3 is 2.74 bits per heavy atom. The third-order valence-corrected chi connectivity index (χ3v) is 3.82. The summed E-state index contributed by atoms with van der Waals surface area (Å²) in [7, 11) is 0. The number of carboxylic acids is 1. The Balaban J connectivity index is 2.30. The van der Waals surface area contributed by atoms with Crippen LogP contribution in [0, 0.1) is 5.41 Å².